The number of benzene rings is 1. The molecule has 1 aromatic carbocycles. The summed E-state index contributed by atoms with van der Waals surface area (Å²) in [6.45, 7) is 0. The predicted octanol–water partition coefficient (Wildman–Crippen LogP) is 3.52. The van der Waals surface area contributed by atoms with E-state index in [1.165, 1.54) is 0 Å². The van der Waals surface area contributed by atoms with E-state index in [0.717, 1.165) is 10.0 Å². The molecule has 2 heterocycles. The minimum absolute atomic E-state index is 0.500. The molecule has 0 N–H and O–H groups in total. The first kappa shape index (κ1) is 10.9. The molecule has 5 heteroatoms. The molecule has 3 rings (SSSR count). The van der Waals surface area contributed by atoms with Gasteiger partial charge in [-0.15, -0.1) is 0 Å². The zero-order valence-corrected chi connectivity index (χ0v) is 10.7. The Morgan fingerprint density at radius 1 is 1.22 bits per heavy atom. The molecule has 0 saturated heterocycles. The molecule has 0 bridgehead atoms. The van der Waals surface area contributed by atoms with Crippen molar-refractivity contribution in [3.8, 4) is 17.5 Å². The van der Waals surface area contributed by atoms with Crippen LogP contribution in [0.2, 0.25) is 0 Å². The van der Waals surface area contributed by atoms with Gasteiger partial charge >= 0.3 is 0 Å². The second-order valence-electron chi connectivity index (χ2n) is 3.68. The lowest BCUT2D eigenvalue weighted by Gasteiger charge is -1.93. The van der Waals surface area contributed by atoms with Crippen LogP contribution in [-0.2, 0) is 0 Å². The van der Waals surface area contributed by atoms with E-state index < -0.39 is 0 Å². The molecule has 0 aliphatic carbocycles. The summed E-state index contributed by atoms with van der Waals surface area (Å²) in [6, 6.07) is 11.0. The monoisotopic (exact) mass is 299 g/mol. The normalized spacial score (nSPS) is 10.4. The average molecular weight is 300 g/mol. The third kappa shape index (κ3) is 1.87. The summed E-state index contributed by atoms with van der Waals surface area (Å²) in [5, 5.41) is 8.74. The zero-order chi connectivity index (χ0) is 12.5. The van der Waals surface area contributed by atoms with Crippen LogP contribution < -0.4 is 0 Å². The molecule has 0 amide bonds. The maximum atomic E-state index is 8.74. The van der Waals surface area contributed by atoms with Crippen LogP contribution in [0.3, 0.4) is 0 Å². The van der Waals surface area contributed by atoms with Crippen LogP contribution in [0.1, 0.15) is 5.56 Å². The topological polar surface area (TPSA) is 62.7 Å². The molecular weight excluding hydrogens is 294 g/mol. The summed E-state index contributed by atoms with van der Waals surface area (Å²) in [7, 11) is 0. The van der Waals surface area contributed by atoms with Crippen molar-refractivity contribution >= 4 is 27.2 Å². The van der Waals surface area contributed by atoms with Gasteiger partial charge in [0.25, 0.3) is 0 Å². The maximum Gasteiger partial charge on any atom is 0.228 e. The molecule has 4 nitrogen and oxygen atoms in total. The lowest BCUT2D eigenvalue weighted by Crippen LogP contribution is -1.79. The van der Waals surface area contributed by atoms with Gasteiger partial charge in [-0.3, -0.25) is 0 Å². The van der Waals surface area contributed by atoms with Gasteiger partial charge in [-0.25, -0.2) is 4.98 Å². The van der Waals surface area contributed by atoms with Crippen molar-refractivity contribution in [2.75, 3.05) is 0 Å². The number of rotatable bonds is 1. The Balaban J connectivity index is 2.10. The van der Waals surface area contributed by atoms with E-state index in [0.29, 0.717) is 22.7 Å². The van der Waals surface area contributed by atoms with Gasteiger partial charge in [0.05, 0.1) is 11.6 Å². The van der Waals surface area contributed by atoms with E-state index in [2.05, 4.69) is 32.0 Å². The summed E-state index contributed by atoms with van der Waals surface area (Å²) in [5.74, 6) is 0.500. The smallest absolute Gasteiger partial charge is 0.228 e. The van der Waals surface area contributed by atoms with E-state index in [-0.39, 0.29) is 0 Å². The number of nitriles is 1. The lowest BCUT2D eigenvalue weighted by atomic mass is 10.1. The van der Waals surface area contributed by atoms with Gasteiger partial charge in [0, 0.05) is 22.3 Å². The summed E-state index contributed by atoms with van der Waals surface area (Å²) in [4.78, 5) is 8.45. The van der Waals surface area contributed by atoms with Crippen LogP contribution in [0.15, 0.2) is 45.4 Å². The van der Waals surface area contributed by atoms with Gasteiger partial charge in [0.1, 0.15) is 0 Å². The van der Waals surface area contributed by atoms with Crippen molar-refractivity contribution in [1.82, 2.24) is 9.97 Å². The molecule has 86 valence electrons. The quantitative estimate of drug-likeness (QED) is 0.689. The second kappa shape index (κ2) is 4.24. The summed E-state index contributed by atoms with van der Waals surface area (Å²) in [5.41, 5.74) is 2.63. The van der Waals surface area contributed by atoms with Crippen molar-refractivity contribution in [3.63, 3.8) is 0 Å². The lowest BCUT2D eigenvalue weighted by molar-refractivity contribution is 0.619. The van der Waals surface area contributed by atoms with Crippen LogP contribution >= 0.6 is 15.9 Å². The predicted molar refractivity (Wildman–Crippen MR) is 69.7 cm³/mol. The van der Waals surface area contributed by atoms with Crippen molar-refractivity contribution in [1.29, 1.82) is 5.26 Å². The molecule has 0 saturated carbocycles. The van der Waals surface area contributed by atoms with Crippen LogP contribution in [0, 0.1) is 11.3 Å². The number of pyridine rings is 1. The Kier molecular flexibility index (Phi) is 2.58. The minimum atomic E-state index is 0.500. The van der Waals surface area contributed by atoms with Crippen molar-refractivity contribution in [2.45, 2.75) is 0 Å². The fourth-order valence-corrected chi connectivity index (χ4v) is 1.92. The second-order valence-corrected chi connectivity index (χ2v) is 4.60. The Hall–Kier alpha value is -2.19. The molecular formula is C13H6BrN3O. The average Bonchev–Trinajstić information content (AvgIpc) is 2.81. The van der Waals surface area contributed by atoms with Crippen molar-refractivity contribution < 1.29 is 4.42 Å². The Bertz CT molecular complexity index is 756. The van der Waals surface area contributed by atoms with E-state index in [4.69, 9.17) is 9.68 Å². The molecule has 2 aromatic heterocycles. The van der Waals surface area contributed by atoms with Gasteiger partial charge in [0.2, 0.25) is 5.89 Å². The summed E-state index contributed by atoms with van der Waals surface area (Å²) >= 11 is 3.33. The minimum Gasteiger partial charge on any atom is -0.434 e. The fourth-order valence-electron chi connectivity index (χ4n) is 1.61. The summed E-state index contributed by atoms with van der Waals surface area (Å²) in [6.07, 6.45) is 1.67. The van der Waals surface area contributed by atoms with E-state index in [1.807, 2.05) is 6.07 Å². The molecule has 0 unspecified atom stereocenters. The molecule has 0 aliphatic heterocycles. The van der Waals surface area contributed by atoms with E-state index in [1.54, 1.807) is 30.5 Å². The van der Waals surface area contributed by atoms with E-state index >= 15 is 0 Å². The highest BCUT2D eigenvalue weighted by molar-refractivity contribution is 9.10. The molecule has 0 spiro atoms. The first-order valence-corrected chi connectivity index (χ1v) is 5.98. The van der Waals surface area contributed by atoms with Gasteiger partial charge < -0.3 is 4.42 Å². The molecule has 0 aliphatic rings. The Morgan fingerprint density at radius 3 is 2.72 bits per heavy atom. The van der Waals surface area contributed by atoms with E-state index in [9.17, 15) is 0 Å². The van der Waals surface area contributed by atoms with Crippen LogP contribution in [0.4, 0.5) is 0 Å². The molecule has 0 fully saturated rings. The first-order valence-electron chi connectivity index (χ1n) is 5.19. The maximum absolute atomic E-state index is 8.74. The number of hydrogen-bond donors (Lipinski definition) is 0. The molecule has 3 aromatic rings. The SMILES string of the molecule is N#Cc1ccc(-c2nc3ncc(Br)cc3o2)cc1. The van der Waals surface area contributed by atoms with Gasteiger partial charge in [-0.1, -0.05) is 0 Å². The number of nitrogens with zero attached hydrogens (tertiary/aromatic N) is 3. The highest BCUT2D eigenvalue weighted by Gasteiger charge is 2.09. The molecule has 0 atom stereocenters. The highest BCUT2D eigenvalue weighted by atomic mass is 79.9. The third-order valence-corrected chi connectivity index (χ3v) is 2.91. The van der Waals surface area contributed by atoms with Crippen LogP contribution in [0.5, 0.6) is 0 Å². The number of hydrogen-bond acceptors (Lipinski definition) is 4. The van der Waals surface area contributed by atoms with Gasteiger partial charge in [0.15, 0.2) is 11.2 Å². The largest absolute Gasteiger partial charge is 0.434 e. The number of oxazole rings is 1. The Labute approximate surface area is 111 Å². The van der Waals surface area contributed by atoms with Crippen LogP contribution in [-0.4, -0.2) is 9.97 Å². The number of fused-ring (bicyclic) bond motifs is 1. The number of aromatic nitrogens is 2. The highest BCUT2D eigenvalue weighted by Crippen LogP contribution is 2.25. The Morgan fingerprint density at radius 2 is 2.00 bits per heavy atom. The van der Waals surface area contributed by atoms with Crippen molar-refractivity contribution in [3.05, 3.63) is 46.6 Å². The molecule has 0 radical (unpaired) electrons. The zero-order valence-electron chi connectivity index (χ0n) is 9.09. The number of halogens is 1. The third-order valence-electron chi connectivity index (χ3n) is 2.47. The fraction of sp³-hybridized carbons (Fsp3) is 0. The molecule has 18 heavy (non-hydrogen) atoms. The summed E-state index contributed by atoms with van der Waals surface area (Å²) < 4.78 is 6.47. The van der Waals surface area contributed by atoms with Crippen molar-refractivity contribution in [2.24, 2.45) is 0 Å². The first-order chi connectivity index (χ1) is 8.76. The van der Waals surface area contributed by atoms with Gasteiger partial charge in [-0.2, -0.15) is 10.2 Å². The van der Waals surface area contributed by atoms with Crippen LogP contribution in [0.25, 0.3) is 22.7 Å². The standard InChI is InChI=1S/C13H6BrN3O/c14-10-5-11-12(16-7-10)17-13(18-11)9-3-1-8(6-15)2-4-9/h1-5,7H. The van der Waals surface area contributed by atoms with Gasteiger partial charge in [-0.05, 0) is 40.2 Å².